The molecule has 0 N–H and O–H groups in total. The number of carbonyl (C=O) groups excluding carboxylic acids is 1. The fraction of sp³-hybridized carbons (Fsp3) is 0.263. The van der Waals surface area contributed by atoms with Gasteiger partial charge in [-0.3, -0.25) is 14.7 Å². The summed E-state index contributed by atoms with van der Waals surface area (Å²) in [6.07, 6.45) is 4.80. The molecule has 25 heavy (non-hydrogen) atoms. The third-order valence-electron chi connectivity index (χ3n) is 4.48. The van der Waals surface area contributed by atoms with Crippen molar-refractivity contribution in [3.05, 3.63) is 66.1 Å². The van der Waals surface area contributed by atoms with Gasteiger partial charge in [0.2, 0.25) is 0 Å². The molecule has 0 aliphatic carbocycles. The lowest BCUT2D eigenvalue weighted by atomic mass is 10.2. The van der Waals surface area contributed by atoms with E-state index in [1.165, 1.54) is 5.56 Å². The van der Waals surface area contributed by atoms with Crippen molar-refractivity contribution in [2.75, 3.05) is 26.2 Å². The van der Waals surface area contributed by atoms with Crippen LogP contribution in [0.2, 0.25) is 0 Å². The molecule has 2 aromatic heterocycles. The quantitative estimate of drug-likeness (QED) is 0.733. The third kappa shape index (κ3) is 3.49. The van der Waals surface area contributed by atoms with Crippen molar-refractivity contribution in [2.45, 2.75) is 6.54 Å². The molecule has 3 aromatic rings. The van der Waals surface area contributed by atoms with Crippen molar-refractivity contribution in [3.8, 4) is 0 Å². The fourth-order valence-corrected chi connectivity index (χ4v) is 3.11. The van der Waals surface area contributed by atoms with Crippen LogP contribution in [0.3, 0.4) is 0 Å². The highest BCUT2D eigenvalue weighted by atomic mass is 16.2. The van der Waals surface area contributed by atoms with Gasteiger partial charge >= 0.3 is 0 Å². The number of amides is 1. The van der Waals surface area contributed by atoms with Crippen LogP contribution in [0.4, 0.5) is 0 Å². The van der Waals surface area contributed by atoms with Gasteiger partial charge in [0.15, 0.2) is 5.65 Å². The zero-order valence-corrected chi connectivity index (χ0v) is 13.9. The minimum Gasteiger partial charge on any atom is -0.336 e. The van der Waals surface area contributed by atoms with E-state index in [-0.39, 0.29) is 5.91 Å². The van der Waals surface area contributed by atoms with E-state index in [2.05, 4.69) is 44.1 Å². The van der Waals surface area contributed by atoms with Gasteiger partial charge in [-0.25, -0.2) is 9.97 Å². The Morgan fingerprint density at radius 1 is 0.960 bits per heavy atom. The van der Waals surface area contributed by atoms with E-state index in [4.69, 9.17) is 0 Å². The standard InChI is InChI=1S/C19H19N5O/c25-19(16-12-17-18(22-13-16)21-7-6-20-17)24-10-8-23(9-11-24)14-15-4-2-1-3-5-15/h1-7,12-13H,8-11,14H2. The van der Waals surface area contributed by atoms with Crippen LogP contribution in [0.5, 0.6) is 0 Å². The predicted octanol–water partition coefficient (Wildman–Crippen LogP) is 1.98. The van der Waals surface area contributed by atoms with Gasteiger partial charge in [-0.2, -0.15) is 0 Å². The second kappa shape index (κ2) is 6.94. The lowest BCUT2D eigenvalue weighted by Gasteiger charge is -2.34. The van der Waals surface area contributed by atoms with Crippen LogP contribution in [-0.2, 0) is 6.54 Å². The summed E-state index contributed by atoms with van der Waals surface area (Å²) in [5.41, 5.74) is 3.09. The summed E-state index contributed by atoms with van der Waals surface area (Å²) < 4.78 is 0. The Labute approximate surface area is 146 Å². The van der Waals surface area contributed by atoms with Crippen LogP contribution < -0.4 is 0 Å². The minimum atomic E-state index is 0.0133. The number of piperazine rings is 1. The minimum absolute atomic E-state index is 0.0133. The Morgan fingerprint density at radius 2 is 1.72 bits per heavy atom. The number of carbonyl (C=O) groups is 1. The van der Waals surface area contributed by atoms with Crippen LogP contribution in [0.25, 0.3) is 11.2 Å². The highest BCUT2D eigenvalue weighted by molar-refractivity contribution is 5.96. The molecule has 126 valence electrons. The number of rotatable bonds is 3. The fourth-order valence-electron chi connectivity index (χ4n) is 3.11. The van der Waals surface area contributed by atoms with Gasteiger partial charge in [0.25, 0.3) is 5.91 Å². The second-order valence-corrected chi connectivity index (χ2v) is 6.18. The Bertz CT molecular complexity index is 875. The zero-order valence-electron chi connectivity index (χ0n) is 13.9. The van der Waals surface area contributed by atoms with Crippen LogP contribution in [-0.4, -0.2) is 56.8 Å². The molecule has 1 aromatic carbocycles. The van der Waals surface area contributed by atoms with E-state index >= 15 is 0 Å². The van der Waals surface area contributed by atoms with Crippen LogP contribution in [0, 0.1) is 0 Å². The highest BCUT2D eigenvalue weighted by Gasteiger charge is 2.22. The predicted molar refractivity (Wildman–Crippen MR) is 95.0 cm³/mol. The molecular weight excluding hydrogens is 314 g/mol. The molecule has 1 amide bonds. The Morgan fingerprint density at radius 3 is 2.52 bits per heavy atom. The molecule has 1 fully saturated rings. The molecule has 6 heteroatoms. The molecular formula is C19H19N5O. The van der Waals surface area contributed by atoms with Gasteiger partial charge in [0.05, 0.1) is 5.56 Å². The number of hydrogen-bond acceptors (Lipinski definition) is 5. The summed E-state index contributed by atoms with van der Waals surface area (Å²) in [5, 5.41) is 0. The molecule has 1 aliphatic heterocycles. The Kier molecular flexibility index (Phi) is 4.35. The van der Waals surface area contributed by atoms with Crippen molar-refractivity contribution in [3.63, 3.8) is 0 Å². The molecule has 0 atom stereocenters. The summed E-state index contributed by atoms with van der Waals surface area (Å²) in [6, 6.07) is 12.2. The molecule has 0 unspecified atom stereocenters. The molecule has 3 heterocycles. The molecule has 0 saturated carbocycles. The smallest absolute Gasteiger partial charge is 0.255 e. The third-order valence-corrected chi connectivity index (χ3v) is 4.48. The Hall–Kier alpha value is -2.86. The molecule has 0 spiro atoms. The van der Waals surface area contributed by atoms with Crippen molar-refractivity contribution < 1.29 is 4.79 Å². The SMILES string of the molecule is O=C(c1cnc2nccnc2c1)N1CCN(Cc2ccccc2)CC1. The molecule has 0 bridgehead atoms. The van der Waals surface area contributed by atoms with E-state index in [0.717, 1.165) is 32.7 Å². The highest BCUT2D eigenvalue weighted by Crippen LogP contribution is 2.13. The van der Waals surface area contributed by atoms with E-state index in [0.29, 0.717) is 16.7 Å². The molecule has 6 nitrogen and oxygen atoms in total. The molecule has 0 radical (unpaired) electrons. The number of hydrogen-bond donors (Lipinski definition) is 0. The topological polar surface area (TPSA) is 62.2 Å². The number of fused-ring (bicyclic) bond motifs is 1. The normalized spacial score (nSPS) is 15.4. The maximum atomic E-state index is 12.7. The lowest BCUT2D eigenvalue weighted by molar-refractivity contribution is 0.0628. The maximum absolute atomic E-state index is 12.7. The lowest BCUT2D eigenvalue weighted by Crippen LogP contribution is -2.48. The van der Waals surface area contributed by atoms with Gasteiger partial charge in [-0.05, 0) is 11.6 Å². The van der Waals surface area contributed by atoms with E-state index in [9.17, 15) is 4.79 Å². The molecule has 1 saturated heterocycles. The van der Waals surface area contributed by atoms with Gasteiger partial charge < -0.3 is 4.90 Å². The van der Waals surface area contributed by atoms with Crippen molar-refractivity contribution in [1.82, 2.24) is 24.8 Å². The van der Waals surface area contributed by atoms with Gasteiger partial charge in [0, 0.05) is 51.3 Å². The second-order valence-electron chi connectivity index (χ2n) is 6.18. The average Bonchev–Trinajstić information content (AvgIpc) is 2.68. The summed E-state index contributed by atoms with van der Waals surface area (Å²) >= 11 is 0. The van der Waals surface area contributed by atoms with Gasteiger partial charge in [-0.1, -0.05) is 30.3 Å². The summed E-state index contributed by atoms with van der Waals surface area (Å²) in [5.74, 6) is 0.0133. The van der Waals surface area contributed by atoms with Gasteiger partial charge in [-0.15, -0.1) is 0 Å². The zero-order chi connectivity index (χ0) is 17.1. The summed E-state index contributed by atoms with van der Waals surface area (Å²) in [7, 11) is 0. The maximum Gasteiger partial charge on any atom is 0.255 e. The summed E-state index contributed by atoms with van der Waals surface area (Å²) in [4.78, 5) is 29.6. The van der Waals surface area contributed by atoms with E-state index < -0.39 is 0 Å². The average molecular weight is 333 g/mol. The first-order chi connectivity index (χ1) is 12.3. The molecule has 1 aliphatic rings. The van der Waals surface area contributed by atoms with Gasteiger partial charge in [0.1, 0.15) is 5.52 Å². The van der Waals surface area contributed by atoms with Crippen LogP contribution in [0.15, 0.2) is 55.0 Å². The van der Waals surface area contributed by atoms with E-state index in [1.807, 2.05) is 11.0 Å². The van der Waals surface area contributed by atoms with Crippen molar-refractivity contribution in [2.24, 2.45) is 0 Å². The number of nitrogens with zero attached hydrogens (tertiary/aromatic N) is 5. The molecule has 4 rings (SSSR count). The number of benzene rings is 1. The van der Waals surface area contributed by atoms with Crippen molar-refractivity contribution in [1.29, 1.82) is 0 Å². The first kappa shape index (κ1) is 15.7. The van der Waals surface area contributed by atoms with Crippen molar-refractivity contribution >= 4 is 17.1 Å². The van der Waals surface area contributed by atoms with Crippen LogP contribution >= 0.6 is 0 Å². The monoisotopic (exact) mass is 333 g/mol. The number of aromatic nitrogens is 3. The van der Waals surface area contributed by atoms with E-state index in [1.54, 1.807) is 24.7 Å². The Balaban J connectivity index is 1.40. The summed E-state index contributed by atoms with van der Waals surface area (Å²) in [6.45, 7) is 4.13. The first-order valence-electron chi connectivity index (χ1n) is 8.42. The first-order valence-corrected chi connectivity index (χ1v) is 8.42. The largest absolute Gasteiger partial charge is 0.336 e. The number of pyridine rings is 1. The van der Waals surface area contributed by atoms with Crippen LogP contribution in [0.1, 0.15) is 15.9 Å².